The maximum absolute atomic E-state index is 10.8. The van der Waals surface area contributed by atoms with Crippen molar-refractivity contribution in [2.24, 2.45) is 5.73 Å². The minimum absolute atomic E-state index is 0. The number of halogens is 1. The maximum Gasteiger partial charge on any atom is 0.320 e. The molecule has 0 bridgehead atoms. The third-order valence-corrected chi connectivity index (χ3v) is 3.43. The van der Waals surface area contributed by atoms with Crippen molar-refractivity contribution in [3.05, 3.63) is 60.2 Å². The number of benzene rings is 2. The van der Waals surface area contributed by atoms with E-state index in [4.69, 9.17) is 15.4 Å². The highest BCUT2D eigenvalue weighted by Gasteiger charge is 2.13. The number of aliphatic carboxylic acids is 1. The molecule has 0 radical (unpaired) electrons. The summed E-state index contributed by atoms with van der Waals surface area (Å²) < 4.78 is 5.27. The highest BCUT2D eigenvalue weighted by atomic mass is 35.5. The van der Waals surface area contributed by atoms with Crippen LogP contribution in [0.15, 0.2) is 59.1 Å². The molecule has 0 saturated carbocycles. The molecule has 3 rings (SSSR count). The molecule has 0 spiro atoms. The Hall–Kier alpha value is -2.70. The van der Waals surface area contributed by atoms with Gasteiger partial charge in [-0.3, -0.25) is 4.79 Å². The van der Waals surface area contributed by atoms with E-state index in [-0.39, 0.29) is 18.8 Å². The summed E-state index contributed by atoms with van der Waals surface area (Å²) >= 11 is 0. The zero-order chi connectivity index (χ0) is 16.2. The lowest BCUT2D eigenvalue weighted by molar-refractivity contribution is -0.138. The molecular formula is C17H16ClN3O3. The average molecular weight is 346 g/mol. The second-order valence-corrected chi connectivity index (χ2v) is 5.13. The average Bonchev–Trinajstić information content (AvgIpc) is 3.06. The van der Waals surface area contributed by atoms with E-state index in [1.807, 2.05) is 54.6 Å². The number of carbonyl (C=O) groups is 1. The topological polar surface area (TPSA) is 102 Å². The molecule has 0 aliphatic rings. The number of nitrogens with two attached hydrogens (primary N) is 1. The van der Waals surface area contributed by atoms with Crippen molar-refractivity contribution >= 4 is 18.4 Å². The molecule has 1 atom stereocenters. The summed E-state index contributed by atoms with van der Waals surface area (Å²) in [6.45, 7) is 0. The summed E-state index contributed by atoms with van der Waals surface area (Å²) in [7, 11) is 0. The molecule has 0 saturated heterocycles. The predicted octanol–water partition coefficient (Wildman–Crippen LogP) is 2.78. The second-order valence-electron chi connectivity index (χ2n) is 5.13. The fourth-order valence-electron chi connectivity index (χ4n) is 2.17. The zero-order valence-electron chi connectivity index (χ0n) is 12.6. The van der Waals surface area contributed by atoms with E-state index in [0.29, 0.717) is 11.7 Å². The predicted molar refractivity (Wildman–Crippen MR) is 91.7 cm³/mol. The van der Waals surface area contributed by atoms with E-state index in [9.17, 15) is 4.79 Å². The number of carboxylic acids is 1. The van der Waals surface area contributed by atoms with Crippen LogP contribution in [-0.2, 0) is 11.2 Å². The molecule has 1 heterocycles. The Bertz CT molecular complexity index is 803. The van der Waals surface area contributed by atoms with Crippen molar-refractivity contribution in [2.75, 3.05) is 0 Å². The minimum Gasteiger partial charge on any atom is -0.480 e. The van der Waals surface area contributed by atoms with Crippen molar-refractivity contribution < 1.29 is 14.4 Å². The van der Waals surface area contributed by atoms with Gasteiger partial charge in [-0.05, 0) is 24.1 Å². The number of nitrogens with zero attached hydrogens (tertiary/aromatic N) is 2. The lowest BCUT2D eigenvalue weighted by atomic mass is 10.0. The van der Waals surface area contributed by atoms with E-state index < -0.39 is 12.0 Å². The highest BCUT2D eigenvalue weighted by Crippen LogP contribution is 2.22. The largest absolute Gasteiger partial charge is 0.480 e. The molecule has 124 valence electrons. The first-order valence-corrected chi connectivity index (χ1v) is 7.10. The normalized spacial score (nSPS) is 11.5. The van der Waals surface area contributed by atoms with Gasteiger partial charge in [0, 0.05) is 11.1 Å². The number of hydrogen-bond donors (Lipinski definition) is 2. The van der Waals surface area contributed by atoms with Crippen LogP contribution in [0.4, 0.5) is 0 Å². The molecule has 1 aromatic heterocycles. The number of carboxylic acid groups (broad SMARTS) is 1. The monoisotopic (exact) mass is 345 g/mol. The van der Waals surface area contributed by atoms with Gasteiger partial charge >= 0.3 is 5.97 Å². The van der Waals surface area contributed by atoms with E-state index in [2.05, 4.69) is 10.1 Å². The number of rotatable bonds is 5. The van der Waals surface area contributed by atoms with Crippen LogP contribution < -0.4 is 5.73 Å². The van der Waals surface area contributed by atoms with Gasteiger partial charge < -0.3 is 15.4 Å². The summed E-state index contributed by atoms with van der Waals surface area (Å²) in [6, 6.07) is 15.9. The Morgan fingerprint density at radius 1 is 1.08 bits per heavy atom. The molecule has 0 fully saturated rings. The first kappa shape index (κ1) is 17.7. The van der Waals surface area contributed by atoms with Gasteiger partial charge in [-0.2, -0.15) is 4.98 Å². The van der Waals surface area contributed by atoms with Crippen molar-refractivity contribution in [2.45, 2.75) is 12.5 Å². The van der Waals surface area contributed by atoms with Gasteiger partial charge in [0.2, 0.25) is 5.82 Å². The van der Waals surface area contributed by atoms with Gasteiger partial charge in [0.15, 0.2) is 0 Å². The van der Waals surface area contributed by atoms with Crippen LogP contribution in [0.25, 0.3) is 22.8 Å². The van der Waals surface area contributed by atoms with Crippen molar-refractivity contribution in [1.82, 2.24) is 10.1 Å². The standard InChI is InChI=1S/C17H15N3O3.ClH/c18-14(17(21)22)10-11-6-8-12(9-7-11)15-19-16(23-20-15)13-4-2-1-3-5-13;/h1-9,14H,10,18H2,(H,21,22);1H/t14-;/m0./s1. The van der Waals surface area contributed by atoms with E-state index in [1.54, 1.807) is 0 Å². The molecule has 3 aromatic rings. The number of hydrogen-bond acceptors (Lipinski definition) is 5. The van der Waals surface area contributed by atoms with Crippen LogP contribution in [0.1, 0.15) is 5.56 Å². The van der Waals surface area contributed by atoms with E-state index in [1.165, 1.54) is 0 Å². The summed E-state index contributed by atoms with van der Waals surface area (Å²) in [5, 5.41) is 12.8. The first-order chi connectivity index (χ1) is 11.1. The Kier molecular flexibility index (Phi) is 5.68. The third-order valence-electron chi connectivity index (χ3n) is 3.43. The fourth-order valence-corrected chi connectivity index (χ4v) is 2.17. The van der Waals surface area contributed by atoms with Crippen LogP contribution in [0.2, 0.25) is 0 Å². The van der Waals surface area contributed by atoms with Gasteiger partial charge in [-0.15, -0.1) is 12.4 Å². The van der Waals surface area contributed by atoms with Gasteiger partial charge in [-0.25, -0.2) is 0 Å². The van der Waals surface area contributed by atoms with Crippen LogP contribution in [0.5, 0.6) is 0 Å². The maximum atomic E-state index is 10.8. The second kappa shape index (κ2) is 7.72. The molecule has 2 aromatic carbocycles. The Labute approximate surface area is 144 Å². The third kappa shape index (κ3) is 3.98. The van der Waals surface area contributed by atoms with Gasteiger partial charge in [0.1, 0.15) is 6.04 Å². The van der Waals surface area contributed by atoms with Gasteiger partial charge in [0.25, 0.3) is 5.89 Å². The molecule has 24 heavy (non-hydrogen) atoms. The summed E-state index contributed by atoms with van der Waals surface area (Å²) in [6.07, 6.45) is 0.275. The van der Waals surface area contributed by atoms with Crippen LogP contribution in [0, 0.1) is 0 Å². The molecule has 3 N–H and O–H groups in total. The van der Waals surface area contributed by atoms with Gasteiger partial charge in [0.05, 0.1) is 0 Å². The molecule has 7 heteroatoms. The lowest BCUT2D eigenvalue weighted by Crippen LogP contribution is -2.32. The van der Waals surface area contributed by atoms with Crippen LogP contribution in [0.3, 0.4) is 0 Å². The highest BCUT2D eigenvalue weighted by molar-refractivity contribution is 5.85. The Balaban J connectivity index is 0.00000208. The van der Waals surface area contributed by atoms with E-state index >= 15 is 0 Å². The Morgan fingerprint density at radius 2 is 1.75 bits per heavy atom. The number of aromatic nitrogens is 2. The zero-order valence-corrected chi connectivity index (χ0v) is 13.4. The quantitative estimate of drug-likeness (QED) is 0.737. The molecule has 6 nitrogen and oxygen atoms in total. The molecule has 0 amide bonds. The summed E-state index contributed by atoms with van der Waals surface area (Å²) in [5.74, 6) is -0.0738. The summed E-state index contributed by atoms with van der Waals surface area (Å²) in [4.78, 5) is 15.1. The molecule has 0 aliphatic heterocycles. The van der Waals surface area contributed by atoms with Crippen molar-refractivity contribution in [1.29, 1.82) is 0 Å². The van der Waals surface area contributed by atoms with Crippen molar-refractivity contribution in [3.8, 4) is 22.8 Å². The molecule has 0 unspecified atom stereocenters. The summed E-state index contributed by atoms with van der Waals surface area (Å²) in [5.41, 5.74) is 8.02. The lowest BCUT2D eigenvalue weighted by Gasteiger charge is -2.06. The van der Waals surface area contributed by atoms with Gasteiger partial charge in [-0.1, -0.05) is 47.6 Å². The Morgan fingerprint density at radius 3 is 2.38 bits per heavy atom. The first-order valence-electron chi connectivity index (χ1n) is 7.10. The SMILES string of the molecule is Cl.N[C@@H](Cc1ccc(-c2noc(-c3ccccc3)n2)cc1)C(=O)O. The van der Waals surface area contributed by atoms with E-state index in [0.717, 1.165) is 16.7 Å². The fraction of sp³-hybridized carbons (Fsp3) is 0.118. The van der Waals surface area contributed by atoms with Crippen molar-refractivity contribution in [3.63, 3.8) is 0 Å². The molecule has 0 aliphatic carbocycles. The van der Waals surface area contributed by atoms with Crippen LogP contribution in [-0.4, -0.2) is 27.3 Å². The minimum atomic E-state index is -1.01. The smallest absolute Gasteiger partial charge is 0.320 e. The molecular weight excluding hydrogens is 330 g/mol. The van der Waals surface area contributed by atoms with Crippen LogP contribution >= 0.6 is 12.4 Å².